The molecular formula is C35H64O5. The van der Waals surface area contributed by atoms with Gasteiger partial charge in [-0.2, -0.15) is 0 Å². The number of rotatable bonds is 26. The van der Waals surface area contributed by atoms with Gasteiger partial charge in [0, 0.05) is 5.57 Å². The fourth-order valence-corrected chi connectivity index (χ4v) is 6.37. The molecule has 2 aliphatic heterocycles. The van der Waals surface area contributed by atoms with E-state index >= 15 is 0 Å². The van der Waals surface area contributed by atoms with Crippen LogP contribution in [0.2, 0.25) is 0 Å². The molecule has 0 aliphatic carbocycles. The third kappa shape index (κ3) is 15.9. The summed E-state index contributed by atoms with van der Waals surface area (Å²) >= 11 is 0. The predicted octanol–water partition coefficient (Wildman–Crippen LogP) is 9.12. The van der Waals surface area contributed by atoms with Crippen molar-refractivity contribution in [2.24, 2.45) is 0 Å². The molecule has 234 valence electrons. The van der Waals surface area contributed by atoms with Crippen LogP contribution in [0.4, 0.5) is 0 Å². The second-order valence-corrected chi connectivity index (χ2v) is 12.8. The zero-order valence-electron chi connectivity index (χ0n) is 26.3. The van der Waals surface area contributed by atoms with Crippen LogP contribution in [0.5, 0.6) is 0 Å². The van der Waals surface area contributed by atoms with Gasteiger partial charge in [0.25, 0.3) is 0 Å². The van der Waals surface area contributed by atoms with E-state index in [2.05, 4.69) is 6.92 Å². The van der Waals surface area contributed by atoms with Crippen molar-refractivity contribution in [2.75, 3.05) is 0 Å². The molecule has 0 aromatic heterocycles. The summed E-state index contributed by atoms with van der Waals surface area (Å²) in [6.45, 7) is 4.17. The average Bonchev–Trinajstić information content (AvgIpc) is 3.56. The van der Waals surface area contributed by atoms with Crippen LogP contribution in [0.1, 0.15) is 174 Å². The van der Waals surface area contributed by atoms with Gasteiger partial charge in [-0.15, -0.1) is 0 Å². The highest BCUT2D eigenvalue weighted by atomic mass is 16.5. The molecule has 0 aromatic carbocycles. The Kier molecular flexibility index (Phi) is 20.0. The van der Waals surface area contributed by atoms with E-state index in [9.17, 15) is 15.0 Å². The highest BCUT2D eigenvalue weighted by Gasteiger charge is 2.34. The topological polar surface area (TPSA) is 76.0 Å². The van der Waals surface area contributed by atoms with Crippen molar-refractivity contribution >= 4 is 5.97 Å². The van der Waals surface area contributed by atoms with Crippen LogP contribution >= 0.6 is 0 Å². The molecule has 1 saturated heterocycles. The van der Waals surface area contributed by atoms with Crippen molar-refractivity contribution in [1.29, 1.82) is 0 Å². The van der Waals surface area contributed by atoms with Crippen molar-refractivity contribution in [2.45, 2.75) is 205 Å². The first-order valence-corrected chi connectivity index (χ1v) is 17.4. The molecule has 0 saturated carbocycles. The molecule has 0 amide bonds. The molecule has 0 spiro atoms. The average molecular weight is 565 g/mol. The molecule has 1 fully saturated rings. The molecule has 2 N–H and O–H groups in total. The number of cyclic esters (lactones) is 1. The van der Waals surface area contributed by atoms with Crippen LogP contribution in [0.3, 0.4) is 0 Å². The number of esters is 1. The standard InChI is InChI=1S/C35H64O5/c1-3-4-5-6-7-15-18-21-24-31(36)33-26-27-34(40-33)32(37)25-22-19-16-13-11-9-8-10-12-14-17-20-23-30-28-29(2)39-35(30)38/h28-29,31-34,36-37H,3-27H2,1-2H3/t29-,31?,32?,33?,34?/m0/s1. The van der Waals surface area contributed by atoms with Gasteiger partial charge in [-0.05, 0) is 51.5 Å². The first-order valence-electron chi connectivity index (χ1n) is 17.4. The predicted molar refractivity (Wildman–Crippen MR) is 165 cm³/mol. The van der Waals surface area contributed by atoms with Crippen LogP contribution < -0.4 is 0 Å². The quantitative estimate of drug-likeness (QED) is 0.0809. The van der Waals surface area contributed by atoms with Gasteiger partial charge < -0.3 is 19.7 Å². The number of carbonyl (C=O) groups is 1. The monoisotopic (exact) mass is 564 g/mol. The lowest BCUT2D eigenvalue weighted by molar-refractivity contribution is -0.139. The minimum atomic E-state index is -0.382. The lowest BCUT2D eigenvalue weighted by atomic mass is 10.00. The summed E-state index contributed by atoms with van der Waals surface area (Å²) < 4.78 is 11.2. The van der Waals surface area contributed by atoms with E-state index < -0.39 is 0 Å². The lowest BCUT2D eigenvalue weighted by Gasteiger charge is -2.22. The highest BCUT2D eigenvalue weighted by molar-refractivity contribution is 5.90. The Morgan fingerprint density at radius 2 is 1.07 bits per heavy atom. The molecule has 2 rings (SSSR count). The number of unbranched alkanes of at least 4 members (excludes halogenated alkanes) is 18. The molecule has 0 bridgehead atoms. The third-order valence-electron chi connectivity index (χ3n) is 8.98. The molecule has 5 atom stereocenters. The number of carbonyl (C=O) groups excluding carboxylic acids is 1. The Morgan fingerprint density at radius 3 is 1.48 bits per heavy atom. The Morgan fingerprint density at radius 1 is 0.675 bits per heavy atom. The van der Waals surface area contributed by atoms with Crippen LogP contribution in [0, 0.1) is 0 Å². The van der Waals surface area contributed by atoms with E-state index in [0.717, 1.165) is 56.9 Å². The Hall–Kier alpha value is -0.910. The molecule has 4 unspecified atom stereocenters. The summed E-state index contributed by atoms with van der Waals surface area (Å²) in [5.74, 6) is -0.111. The summed E-state index contributed by atoms with van der Waals surface area (Å²) in [5, 5.41) is 21.2. The number of ether oxygens (including phenoxy) is 2. The van der Waals surface area contributed by atoms with Crippen molar-refractivity contribution in [3.8, 4) is 0 Å². The fraction of sp³-hybridized carbons (Fsp3) is 0.914. The van der Waals surface area contributed by atoms with Crippen molar-refractivity contribution in [3.05, 3.63) is 11.6 Å². The minimum Gasteiger partial charge on any atom is -0.455 e. The molecule has 2 heterocycles. The second kappa shape index (κ2) is 22.7. The van der Waals surface area contributed by atoms with Gasteiger partial charge in [-0.3, -0.25) is 0 Å². The van der Waals surface area contributed by atoms with E-state index in [1.165, 1.54) is 109 Å². The van der Waals surface area contributed by atoms with E-state index in [1.807, 2.05) is 13.0 Å². The summed E-state index contributed by atoms with van der Waals surface area (Å²) in [5.41, 5.74) is 0.877. The van der Waals surface area contributed by atoms with Crippen LogP contribution in [-0.2, 0) is 14.3 Å². The van der Waals surface area contributed by atoms with E-state index in [-0.39, 0.29) is 36.5 Å². The van der Waals surface area contributed by atoms with Crippen LogP contribution in [0.25, 0.3) is 0 Å². The molecule has 40 heavy (non-hydrogen) atoms. The Balaban J connectivity index is 1.33. The van der Waals surface area contributed by atoms with Gasteiger partial charge >= 0.3 is 5.97 Å². The maximum Gasteiger partial charge on any atom is 0.334 e. The van der Waals surface area contributed by atoms with Gasteiger partial charge in [-0.25, -0.2) is 4.79 Å². The van der Waals surface area contributed by atoms with E-state index in [4.69, 9.17) is 9.47 Å². The Bertz CT molecular complexity index is 662. The normalized spacial score (nSPS) is 22.4. The van der Waals surface area contributed by atoms with Gasteiger partial charge in [0.05, 0.1) is 24.4 Å². The van der Waals surface area contributed by atoms with Gasteiger partial charge in [0.1, 0.15) is 6.10 Å². The van der Waals surface area contributed by atoms with Crippen LogP contribution in [0.15, 0.2) is 11.6 Å². The molecular weight excluding hydrogens is 500 g/mol. The number of aliphatic hydroxyl groups excluding tert-OH is 2. The number of aliphatic hydroxyl groups is 2. The summed E-state index contributed by atoms with van der Waals surface area (Å²) in [6.07, 6.45) is 30.6. The maximum absolute atomic E-state index is 11.6. The number of hydrogen-bond donors (Lipinski definition) is 2. The van der Waals surface area contributed by atoms with E-state index in [0.29, 0.717) is 0 Å². The van der Waals surface area contributed by atoms with E-state index in [1.54, 1.807) is 0 Å². The third-order valence-corrected chi connectivity index (χ3v) is 8.98. The lowest BCUT2D eigenvalue weighted by Crippen LogP contribution is -2.31. The molecule has 0 aromatic rings. The summed E-state index contributed by atoms with van der Waals surface area (Å²) in [7, 11) is 0. The largest absolute Gasteiger partial charge is 0.455 e. The van der Waals surface area contributed by atoms with Crippen molar-refractivity contribution < 1.29 is 24.5 Å². The van der Waals surface area contributed by atoms with Crippen molar-refractivity contribution in [3.63, 3.8) is 0 Å². The Labute approximate surface area is 246 Å². The maximum atomic E-state index is 11.6. The summed E-state index contributed by atoms with van der Waals surface area (Å²) in [4.78, 5) is 11.6. The summed E-state index contributed by atoms with van der Waals surface area (Å²) in [6, 6.07) is 0. The molecule has 2 aliphatic rings. The first-order chi connectivity index (χ1) is 19.5. The SMILES string of the molecule is CCCCCCCCCCC(O)C1CCC(C(O)CCCCCCCCCCCCCCC2=C[C@H](C)OC2=O)O1. The first kappa shape index (κ1) is 35.3. The zero-order chi connectivity index (χ0) is 28.8. The van der Waals surface area contributed by atoms with Gasteiger partial charge in [-0.1, -0.05) is 129 Å². The van der Waals surface area contributed by atoms with Crippen molar-refractivity contribution in [1.82, 2.24) is 0 Å². The van der Waals surface area contributed by atoms with Gasteiger partial charge in [0.2, 0.25) is 0 Å². The number of hydrogen-bond acceptors (Lipinski definition) is 5. The highest BCUT2D eigenvalue weighted by Crippen LogP contribution is 2.28. The van der Waals surface area contributed by atoms with Crippen LogP contribution in [-0.4, -0.2) is 46.7 Å². The molecule has 0 radical (unpaired) electrons. The minimum absolute atomic E-state index is 0.0384. The fourth-order valence-electron chi connectivity index (χ4n) is 6.37. The second-order valence-electron chi connectivity index (χ2n) is 12.8. The zero-order valence-corrected chi connectivity index (χ0v) is 26.3. The molecule has 5 nitrogen and oxygen atoms in total. The smallest absolute Gasteiger partial charge is 0.334 e. The molecule has 5 heteroatoms. The van der Waals surface area contributed by atoms with Gasteiger partial charge in [0.15, 0.2) is 0 Å².